The van der Waals surface area contributed by atoms with E-state index in [1.54, 1.807) is 42.5 Å². The number of imidazole rings is 1. The van der Waals surface area contributed by atoms with E-state index in [9.17, 15) is 13.6 Å². The Hall–Kier alpha value is -2.81. The largest absolute Gasteiger partial charge is 0.454 e. The number of carbonyl (C=O) groups excluding carboxylic acids is 1. The summed E-state index contributed by atoms with van der Waals surface area (Å²) in [7, 11) is 0. The molecule has 0 saturated heterocycles. The van der Waals surface area contributed by atoms with Gasteiger partial charge in [0.2, 0.25) is 12.7 Å². The summed E-state index contributed by atoms with van der Waals surface area (Å²) in [5.74, 6) is 1.32. The fourth-order valence-corrected chi connectivity index (χ4v) is 3.70. The molecule has 0 bridgehead atoms. The zero-order valence-electron chi connectivity index (χ0n) is 14.0. The number of nitrogens with zero attached hydrogens (tertiary/aromatic N) is 2. The maximum absolute atomic E-state index is 13.4. The molecule has 1 amide bonds. The fraction of sp³-hybridized carbons (Fsp3) is 0.222. The molecular formula is C18H15F2N3O3S. The highest BCUT2D eigenvalue weighted by Gasteiger charge is 2.18. The minimum atomic E-state index is -2.69. The Kier molecular flexibility index (Phi) is 4.85. The van der Waals surface area contributed by atoms with Gasteiger partial charge in [-0.25, -0.2) is 4.98 Å². The second-order valence-electron chi connectivity index (χ2n) is 5.75. The van der Waals surface area contributed by atoms with Gasteiger partial charge in [0.25, 0.3) is 0 Å². The van der Waals surface area contributed by atoms with Crippen molar-refractivity contribution in [2.45, 2.75) is 18.1 Å². The van der Waals surface area contributed by atoms with Crippen LogP contribution < -0.4 is 14.8 Å². The van der Waals surface area contributed by atoms with Crippen molar-refractivity contribution in [1.29, 1.82) is 0 Å². The molecule has 1 aliphatic heterocycles. The molecule has 2 aromatic carbocycles. The number of ether oxygens (including phenoxy) is 2. The fourth-order valence-electron chi connectivity index (χ4n) is 2.75. The zero-order chi connectivity index (χ0) is 18.8. The van der Waals surface area contributed by atoms with E-state index >= 15 is 0 Å². The first-order valence-corrected chi connectivity index (χ1v) is 9.18. The molecule has 0 fully saturated rings. The Morgan fingerprint density at radius 1 is 1.22 bits per heavy atom. The van der Waals surface area contributed by atoms with E-state index in [0.717, 1.165) is 16.3 Å². The Bertz CT molecular complexity index is 993. The van der Waals surface area contributed by atoms with Crippen LogP contribution in [-0.4, -0.2) is 28.0 Å². The summed E-state index contributed by atoms with van der Waals surface area (Å²) >= 11 is 1.13. The van der Waals surface area contributed by atoms with E-state index < -0.39 is 6.55 Å². The predicted molar refractivity (Wildman–Crippen MR) is 97.5 cm³/mol. The molecule has 1 N–H and O–H groups in total. The normalized spacial score (nSPS) is 12.7. The molecule has 27 heavy (non-hydrogen) atoms. The number of thioether (sulfide) groups is 1. The molecule has 0 aliphatic carbocycles. The van der Waals surface area contributed by atoms with Gasteiger partial charge in [-0.2, -0.15) is 8.78 Å². The summed E-state index contributed by atoms with van der Waals surface area (Å²) in [5.41, 5.74) is 1.47. The van der Waals surface area contributed by atoms with E-state index in [1.165, 1.54) is 0 Å². The molecule has 0 atom stereocenters. The number of hydrogen-bond donors (Lipinski definition) is 1. The van der Waals surface area contributed by atoms with E-state index in [4.69, 9.17) is 9.47 Å². The lowest BCUT2D eigenvalue weighted by atomic mass is 10.2. The smallest absolute Gasteiger partial charge is 0.321 e. The predicted octanol–water partition coefficient (Wildman–Crippen LogP) is 4.28. The number of para-hydroxylation sites is 2. The summed E-state index contributed by atoms with van der Waals surface area (Å²) < 4.78 is 38.1. The molecule has 9 heteroatoms. The van der Waals surface area contributed by atoms with Crippen LogP contribution in [0.15, 0.2) is 47.6 Å². The van der Waals surface area contributed by atoms with Crippen molar-refractivity contribution < 1.29 is 23.0 Å². The van der Waals surface area contributed by atoms with Crippen LogP contribution in [0.25, 0.3) is 11.0 Å². The average molecular weight is 391 g/mol. The SMILES string of the molecule is O=C(CCSc1nc2ccccc2n1C(F)F)Nc1ccc2c(c1)OCO2. The third-order valence-electron chi connectivity index (χ3n) is 3.98. The van der Waals surface area contributed by atoms with E-state index in [1.807, 2.05) is 0 Å². The highest BCUT2D eigenvalue weighted by atomic mass is 32.2. The van der Waals surface area contributed by atoms with Gasteiger partial charge in [0.15, 0.2) is 16.7 Å². The molecular weight excluding hydrogens is 376 g/mol. The minimum Gasteiger partial charge on any atom is -0.454 e. The number of hydrogen-bond acceptors (Lipinski definition) is 5. The van der Waals surface area contributed by atoms with E-state index in [0.29, 0.717) is 34.0 Å². The van der Waals surface area contributed by atoms with Crippen LogP contribution in [0.1, 0.15) is 13.0 Å². The summed E-state index contributed by atoms with van der Waals surface area (Å²) in [6.07, 6.45) is 0.158. The van der Waals surface area contributed by atoms with Gasteiger partial charge < -0.3 is 14.8 Å². The Labute approximate surface area is 157 Å². The number of alkyl halides is 2. The van der Waals surface area contributed by atoms with Gasteiger partial charge in [-0.1, -0.05) is 23.9 Å². The molecule has 0 saturated carbocycles. The Morgan fingerprint density at radius 3 is 2.89 bits per heavy atom. The van der Waals surface area contributed by atoms with Crippen molar-refractivity contribution in [2.75, 3.05) is 17.9 Å². The molecule has 0 spiro atoms. The summed E-state index contributed by atoms with van der Waals surface area (Å²) in [5, 5.41) is 2.96. The van der Waals surface area contributed by atoms with Gasteiger partial charge >= 0.3 is 6.55 Å². The lowest BCUT2D eigenvalue weighted by Gasteiger charge is -2.08. The number of anilines is 1. The maximum Gasteiger partial charge on any atom is 0.321 e. The van der Waals surface area contributed by atoms with Crippen LogP contribution in [0, 0.1) is 0 Å². The van der Waals surface area contributed by atoms with Crippen molar-refractivity contribution in [2.24, 2.45) is 0 Å². The number of nitrogens with one attached hydrogen (secondary N) is 1. The molecule has 2 heterocycles. The van der Waals surface area contributed by atoms with Crippen LogP contribution >= 0.6 is 11.8 Å². The topological polar surface area (TPSA) is 65.4 Å². The van der Waals surface area contributed by atoms with Crippen LogP contribution in [-0.2, 0) is 4.79 Å². The molecule has 0 radical (unpaired) electrons. The van der Waals surface area contributed by atoms with Gasteiger partial charge in [0.05, 0.1) is 11.0 Å². The third kappa shape index (κ3) is 3.68. The zero-order valence-corrected chi connectivity index (χ0v) is 14.8. The quantitative estimate of drug-likeness (QED) is 0.636. The van der Waals surface area contributed by atoms with Crippen molar-refractivity contribution in [3.63, 3.8) is 0 Å². The molecule has 6 nitrogen and oxygen atoms in total. The average Bonchev–Trinajstić information content (AvgIpc) is 3.24. The maximum atomic E-state index is 13.4. The van der Waals surface area contributed by atoms with E-state index in [2.05, 4.69) is 10.3 Å². The lowest BCUT2D eigenvalue weighted by molar-refractivity contribution is -0.115. The van der Waals surface area contributed by atoms with Gasteiger partial charge in [-0.3, -0.25) is 9.36 Å². The molecule has 1 aromatic heterocycles. The second-order valence-corrected chi connectivity index (χ2v) is 6.81. The number of benzene rings is 2. The van der Waals surface area contributed by atoms with Gasteiger partial charge in [-0.15, -0.1) is 0 Å². The first-order chi connectivity index (χ1) is 13.1. The van der Waals surface area contributed by atoms with Crippen LogP contribution in [0.2, 0.25) is 0 Å². The number of amides is 1. The number of carbonyl (C=O) groups is 1. The first kappa shape index (κ1) is 17.6. The molecule has 0 unspecified atom stereocenters. The summed E-state index contributed by atoms with van der Waals surface area (Å²) in [6.45, 7) is -2.53. The Balaban J connectivity index is 1.37. The second kappa shape index (κ2) is 7.43. The highest BCUT2D eigenvalue weighted by molar-refractivity contribution is 7.99. The van der Waals surface area contributed by atoms with Crippen LogP contribution in [0.3, 0.4) is 0 Å². The molecule has 3 aromatic rings. The van der Waals surface area contributed by atoms with Gasteiger partial charge in [0.1, 0.15) is 0 Å². The minimum absolute atomic E-state index is 0.158. The van der Waals surface area contributed by atoms with Crippen molar-refractivity contribution >= 4 is 34.4 Å². The monoisotopic (exact) mass is 391 g/mol. The summed E-state index contributed by atoms with van der Waals surface area (Å²) in [6, 6.07) is 11.8. The Morgan fingerprint density at radius 2 is 2.04 bits per heavy atom. The van der Waals surface area contributed by atoms with Gasteiger partial charge in [-0.05, 0) is 24.3 Å². The number of rotatable bonds is 6. The van der Waals surface area contributed by atoms with Crippen LogP contribution in [0.5, 0.6) is 11.5 Å². The van der Waals surface area contributed by atoms with Crippen molar-refractivity contribution in [3.05, 3.63) is 42.5 Å². The van der Waals surface area contributed by atoms with Crippen molar-refractivity contribution in [3.8, 4) is 11.5 Å². The number of halogens is 2. The third-order valence-corrected chi connectivity index (χ3v) is 4.93. The van der Waals surface area contributed by atoms with Crippen LogP contribution in [0.4, 0.5) is 14.5 Å². The first-order valence-electron chi connectivity index (χ1n) is 8.19. The standard InChI is InChI=1S/C18H15F2N3O3S/c19-17(20)23-13-4-2-1-3-12(13)22-18(23)27-8-7-16(24)21-11-5-6-14-15(9-11)26-10-25-14/h1-6,9,17H,7-8,10H2,(H,21,24). The molecule has 140 valence electrons. The highest BCUT2D eigenvalue weighted by Crippen LogP contribution is 2.34. The lowest BCUT2D eigenvalue weighted by Crippen LogP contribution is -2.12. The van der Waals surface area contributed by atoms with E-state index in [-0.39, 0.29) is 24.3 Å². The number of aromatic nitrogens is 2. The molecule has 4 rings (SSSR count). The summed E-state index contributed by atoms with van der Waals surface area (Å²) in [4.78, 5) is 16.4. The van der Waals surface area contributed by atoms with Crippen molar-refractivity contribution in [1.82, 2.24) is 9.55 Å². The van der Waals surface area contributed by atoms with Gasteiger partial charge in [0, 0.05) is 23.9 Å². The molecule has 1 aliphatic rings. The number of fused-ring (bicyclic) bond motifs is 2.